The fourth-order valence-electron chi connectivity index (χ4n) is 2.05. The topological polar surface area (TPSA) is 16.1 Å². The highest BCUT2D eigenvalue weighted by Crippen LogP contribution is 2.21. The Morgan fingerprint density at radius 3 is 2.60 bits per heavy atom. The van der Waals surface area contributed by atoms with Gasteiger partial charge in [0, 0.05) is 19.3 Å². The number of nitrogens with zero attached hydrogens (tertiary/aromatic N) is 2. The lowest BCUT2D eigenvalue weighted by Gasteiger charge is -2.31. The molecule has 1 saturated heterocycles. The molecule has 2 rings (SSSR count). The highest BCUT2D eigenvalue weighted by atomic mass is 15.2. The minimum absolute atomic E-state index is 0.885. The minimum atomic E-state index is 0.885. The Labute approximate surface area is 92.3 Å². The van der Waals surface area contributed by atoms with E-state index in [1.165, 1.54) is 31.5 Å². The molecule has 1 aromatic rings. The predicted molar refractivity (Wildman–Crippen MR) is 64.2 cm³/mol. The molecular formula is C13H20N2. The number of aromatic nitrogens is 1. The molecule has 1 aromatic heterocycles. The van der Waals surface area contributed by atoms with Gasteiger partial charge in [-0.05, 0) is 36.8 Å². The molecule has 2 heteroatoms. The monoisotopic (exact) mass is 204 g/mol. The molecule has 82 valence electrons. The average molecular weight is 204 g/mol. The van der Waals surface area contributed by atoms with Crippen molar-refractivity contribution in [2.45, 2.75) is 33.1 Å². The second-order valence-corrected chi connectivity index (χ2v) is 4.55. The van der Waals surface area contributed by atoms with Gasteiger partial charge in [-0.3, -0.25) is 0 Å². The summed E-state index contributed by atoms with van der Waals surface area (Å²) in [5.74, 6) is 2.04. The maximum atomic E-state index is 4.52. The first-order chi connectivity index (χ1) is 7.29. The van der Waals surface area contributed by atoms with Crippen LogP contribution >= 0.6 is 0 Å². The molecule has 1 aliphatic rings. The van der Waals surface area contributed by atoms with Crippen molar-refractivity contribution in [1.29, 1.82) is 0 Å². The van der Waals surface area contributed by atoms with Crippen molar-refractivity contribution in [1.82, 2.24) is 4.98 Å². The van der Waals surface area contributed by atoms with Gasteiger partial charge in [0.05, 0.1) is 0 Å². The van der Waals surface area contributed by atoms with E-state index in [2.05, 4.69) is 35.9 Å². The Hall–Kier alpha value is -1.05. The largest absolute Gasteiger partial charge is 0.357 e. The molecule has 0 aromatic carbocycles. The van der Waals surface area contributed by atoms with E-state index >= 15 is 0 Å². The van der Waals surface area contributed by atoms with Gasteiger partial charge in [0.25, 0.3) is 0 Å². The molecule has 0 saturated carbocycles. The Bertz CT molecular complexity index is 297. The van der Waals surface area contributed by atoms with E-state index in [1.54, 1.807) is 0 Å². The number of rotatable bonds is 2. The first kappa shape index (κ1) is 10.5. The highest BCUT2D eigenvalue weighted by Gasteiger charge is 2.16. The maximum absolute atomic E-state index is 4.52. The lowest BCUT2D eigenvalue weighted by molar-refractivity contribution is 0.436. The van der Waals surface area contributed by atoms with Crippen LogP contribution in [0.4, 0.5) is 5.82 Å². The van der Waals surface area contributed by atoms with Crippen molar-refractivity contribution in [3.05, 3.63) is 23.9 Å². The molecule has 1 fully saturated rings. The average Bonchev–Trinajstić information content (AvgIpc) is 2.30. The molecule has 15 heavy (non-hydrogen) atoms. The summed E-state index contributed by atoms with van der Waals surface area (Å²) < 4.78 is 0. The number of piperidine rings is 1. The van der Waals surface area contributed by atoms with Crippen LogP contribution in [0.5, 0.6) is 0 Å². The van der Waals surface area contributed by atoms with Crippen molar-refractivity contribution in [3.63, 3.8) is 0 Å². The van der Waals surface area contributed by atoms with Crippen LogP contribution in [0.25, 0.3) is 0 Å². The summed E-state index contributed by atoms with van der Waals surface area (Å²) in [6.07, 6.45) is 5.69. The standard InChI is InChI=1S/C13H20N2/c1-3-12-4-5-13(14-10-12)15-8-6-11(2)7-9-15/h4-5,10-11H,3,6-9H2,1-2H3. The minimum Gasteiger partial charge on any atom is -0.357 e. The maximum Gasteiger partial charge on any atom is 0.128 e. The first-order valence-electron chi connectivity index (χ1n) is 5.99. The van der Waals surface area contributed by atoms with Crippen molar-refractivity contribution in [2.24, 2.45) is 5.92 Å². The van der Waals surface area contributed by atoms with Crippen LogP contribution in [0.2, 0.25) is 0 Å². The van der Waals surface area contributed by atoms with Crippen molar-refractivity contribution in [3.8, 4) is 0 Å². The molecule has 0 amide bonds. The fraction of sp³-hybridized carbons (Fsp3) is 0.615. The summed E-state index contributed by atoms with van der Waals surface area (Å²) in [6.45, 7) is 6.84. The van der Waals surface area contributed by atoms with Crippen LogP contribution in [0, 0.1) is 5.92 Å². The predicted octanol–water partition coefficient (Wildman–Crippen LogP) is 2.88. The lowest BCUT2D eigenvalue weighted by Crippen LogP contribution is -2.33. The van der Waals surface area contributed by atoms with Crippen molar-refractivity contribution >= 4 is 5.82 Å². The molecule has 0 bridgehead atoms. The number of pyridine rings is 1. The molecular weight excluding hydrogens is 184 g/mol. The molecule has 0 aliphatic carbocycles. The third-order valence-corrected chi connectivity index (χ3v) is 3.32. The van der Waals surface area contributed by atoms with Crippen LogP contribution in [0.1, 0.15) is 32.3 Å². The molecule has 2 nitrogen and oxygen atoms in total. The van der Waals surface area contributed by atoms with Gasteiger partial charge in [-0.15, -0.1) is 0 Å². The van der Waals surface area contributed by atoms with Gasteiger partial charge in [-0.1, -0.05) is 19.9 Å². The van der Waals surface area contributed by atoms with Crippen molar-refractivity contribution in [2.75, 3.05) is 18.0 Å². The van der Waals surface area contributed by atoms with Crippen molar-refractivity contribution < 1.29 is 0 Å². The summed E-state index contributed by atoms with van der Waals surface area (Å²) in [5.41, 5.74) is 1.32. The van der Waals surface area contributed by atoms with Crippen LogP contribution in [0.15, 0.2) is 18.3 Å². The first-order valence-corrected chi connectivity index (χ1v) is 5.99. The second kappa shape index (κ2) is 4.65. The number of hydrogen-bond acceptors (Lipinski definition) is 2. The number of aryl methyl sites for hydroxylation is 1. The fourth-order valence-corrected chi connectivity index (χ4v) is 2.05. The van der Waals surface area contributed by atoms with Gasteiger partial charge < -0.3 is 4.90 Å². The SMILES string of the molecule is CCc1ccc(N2CCC(C)CC2)nc1. The van der Waals surface area contributed by atoms with E-state index in [9.17, 15) is 0 Å². The van der Waals surface area contributed by atoms with E-state index in [-0.39, 0.29) is 0 Å². The number of hydrogen-bond donors (Lipinski definition) is 0. The summed E-state index contributed by atoms with van der Waals surface area (Å²) in [6, 6.07) is 4.36. The van der Waals surface area contributed by atoms with E-state index < -0.39 is 0 Å². The zero-order chi connectivity index (χ0) is 10.7. The molecule has 0 unspecified atom stereocenters. The molecule has 2 heterocycles. The van der Waals surface area contributed by atoms with Gasteiger partial charge in [0.1, 0.15) is 5.82 Å². The van der Waals surface area contributed by atoms with Crippen LogP contribution < -0.4 is 4.90 Å². The van der Waals surface area contributed by atoms with Crippen LogP contribution in [-0.2, 0) is 6.42 Å². The summed E-state index contributed by atoms with van der Waals surface area (Å²) in [5, 5.41) is 0. The van der Waals surface area contributed by atoms with Gasteiger partial charge in [-0.2, -0.15) is 0 Å². The summed E-state index contributed by atoms with van der Waals surface area (Å²) in [4.78, 5) is 6.93. The zero-order valence-electron chi connectivity index (χ0n) is 9.74. The summed E-state index contributed by atoms with van der Waals surface area (Å²) in [7, 11) is 0. The van der Waals surface area contributed by atoms with E-state index in [0.29, 0.717) is 0 Å². The smallest absolute Gasteiger partial charge is 0.128 e. The lowest BCUT2D eigenvalue weighted by atomic mass is 9.99. The van der Waals surface area contributed by atoms with E-state index in [1.807, 2.05) is 6.20 Å². The van der Waals surface area contributed by atoms with Gasteiger partial charge in [0.15, 0.2) is 0 Å². The normalized spacial score (nSPS) is 18.1. The molecule has 1 aliphatic heterocycles. The van der Waals surface area contributed by atoms with E-state index in [0.717, 1.165) is 18.2 Å². The Balaban J connectivity index is 2.03. The zero-order valence-corrected chi connectivity index (χ0v) is 9.74. The van der Waals surface area contributed by atoms with Crippen LogP contribution in [0.3, 0.4) is 0 Å². The third-order valence-electron chi connectivity index (χ3n) is 3.32. The molecule has 0 radical (unpaired) electrons. The summed E-state index contributed by atoms with van der Waals surface area (Å²) >= 11 is 0. The third kappa shape index (κ3) is 2.49. The molecule has 0 atom stereocenters. The number of anilines is 1. The van der Waals surface area contributed by atoms with Gasteiger partial charge >= 0.3 is 0 Å². The quantitative estimate of drug-likeness (QED) is 0.736. The van der Waals surface area contributed by atoms with Gasteiger partial charge in [0.2, 0.25) is 0 Å². The Kier molecular flexibility index (Phi) is 3.24. The van der Waals surface area contributed by atoms with Crippen LogP contribution in [-0.4, -0.2) is 18.1 Å². The highest BCUT2D eigenvalue weighted by molar-refractivity contribution is 5.39. The Morgan fingerprint density at radius 1 is 1.33 bits per heavy atom. The van der Waals surface area contributed by atoms with E-state index in [4.69, 9.17) is 0 Å². The Morgan fingerprint density at radius 2 is 2.07 bits per heavy atom. The van der Waals surface area contributed by atoms with Gasteiger partial charge in [-0.25, -0.2) is 4.98 Å². The molecule has 0 N–H and O–H groups in total. The second-order valence-electron chi connectivity index (χ2n) is 4.55. The molecule has 0 spiro atoms.